The van der Waals surface area contributed by atoms with Gasteiger partial charge in [-0.2, -0.15) is 13.2 Å². The monoisotopic (exact) mass is 297 g/mol. The molecule has 1 atom stereocenters. The maximum Gasteiger partial charge on any atom is 0.405 e. The number of nitrogens with one attached hydrogen (secondary N) is 2. The van der Waals surface area contributed by atoms with Crippen molar-refractivity contribution in [3.8, 4) is 0 Å². The first-order valence-electron chi connectivity index (χ1n) is 5.86. The van der Waals surface area contributed by atoms with Crippen LogP contribution in [0.25, 0.3) is 0 Å². The van der Waals surface area contributed by atoms with E-state index in [9.17, 15) is 27.6 Å². The van der Waals surface area contributed by atoms with Crippen LogP contribution in [-0.4, -0.2) is 53.3 Å². The molecular weight excluding hydrogens is 283 g/mol. The molecular formula is C10H14F3N3O4. The van der Waals surface area contributed by atoms with Gasteiger partial charge >= 0.3 is 18.3 Å². The lowest BCUT2D eigenvalue weighted by Crippen LogP contribution is -2.53. The molecule has 1 saturated heterocycles. The molecule has 0 saturated carbocycles. The topological polar surface area (TPSA) is 98.7 Å². The second-order valence-electron chi connectivity index (χ2n) is 4.26. The van der Waals surface area contributed by atoms with Crippen LogP contribution in [0.15, 0.2) is 0 Å². The van der Waals surface area contributed by atoms with Gasteiger partial charge in [-0.3, -0.25) is 9.69 Å². The molecule has 0 bridgehead atoms. The predicted octanol–water partition coefficient (Wildman–Crippen LogP) is 0.907. The molecule has 114 valence electrons. The smallest absolute Gasteiger partial charge is 0.405 e. The van der Waals surface area contributed by atoms with Gasteiger partial charge in [0, 0.05) is 6.54 Å². The first-order chi connectivity index (χ1) is 9.20. The molecule has 7 nitrogen and oxygen atoms in total. The van der Waals surface area contributed by atoms with Gasteiger partial charge in [-0.05, 0) is 19.3 Å². The highest BCUT2D eigenvalue weighted by Crippen LogP contribution is 2.15. The van der Waals surface area contributed by atoms with Gasteiger partial charge in [-0.15, -0.1) is 0 Å². The third-order valence-electron chi connectivity index (χ3n) is 2.67. The molecule has 1 aliphatic heterocycles. The Bertz CT molecular complexity index is 400. The van der Waals surface area contributed by atoms with Gasteiger partial charge in [-0.1, -0.05) is 0 Å². The zero-order chi connectivity index (χ0) is 15.3. The lowest BCUT2D eigenvalue weighted by atomic mass is 10.1. The normalized spacial score (nSPS) is 20.2. The van der Waals surface area contributed by atoms with Crippen LogP contribution in [0.3, 0.4) is 0 Å². The highest BCUT2D eigenvalue weighted by molar-refractivity contribution is 5.98. The highest BCUT2D eigenvalue weighted by Gasteiger charge is 2.34. The number of hydrogen-bond donors (Lipinski definition) is 3. The molecule has 1 aliphatic rings. The molecule has 10 heteroatoms. The van der Waals surface area contributed by atoms with E-state index in [1.54, 1.807) is 5.32 Å². The largest absolute Gasteiger partial charge is 0.465 e. The molecule has 0 aromatic rings. The molecule has 4 amide bonds. The molecule has 0 aliphatic carbocycles. The van der Waals surface area contributed by atoms with Crippen LogP contribution < -0.4 is 10.6 Å². The summed E-state index contributed by atoms with van der Waals surface area (Å²) in [5.41, 5.74) is 0. The Kier molecular flexibility index (Phi) is 5.17. The number of amides is 4. The number of alkyl halides is 3. The molecule has 0 aromatic heterocycles. The summed E-state index contributed by atoms with van der Waals surface area (Å²) in [6.45, 7) is -1.59. The number of carbonyl (C=O) groups is 3. The third kappa shape index (κ3) is 4.94. The van der Waals surface area contributed by atoms with Gasteiger partial charge in [0.05, 0.1) is 0 Å². The quantitative estimate of drug-likeness (QED) is 0.705. The second kappa shape index (κ2) is 6.44. The van der Waals surface area contributed by atoms with Gasteiger partial charge in [0.2, 0.25) is 0 Å². The van der Waals surface area contributed by atoms with E-state index in [4.69, 9.17) is 5.11 Å². The number of carboxylic acid groups (broad SMARTS) is 1. The Hall–Kier alpha value is -2.00. The van der Waals surface area contributed by atoms with Crippen molar-refractivity contribution in [3.05, 3.63) is 0 Å². The minimum absolute atomic E-state index is 0.0413. The second-order valence-corrected chi connectivity index (χ2v) is 4.26. The highest BCUT2D eigenvalue weighted by atomic mass is 19.4. The molecule has 1 heterocycles. The van der Waals surface area contributed by atoms with Gasteiger partial charge in [0.1, 0.15) is 12.6 Å². The first-order valence-corrected chi connectivity index (χ1v) is 5.86. The number of carbonyl (C=O) groups excluding carboxylic acids is 2. The van der Waals surface area contributed by atoms with Crippen molar-refractivity contribution in [1.82, 2.24) is 15.5 Å². The average Bonchev–Trinajstić information content (AvgIpc) is 2.48. The average molecular weight is 297 g/mol. The molecule has 1 rings (SSSR count). The van der Waals surface area contributed by atoms with Gasteiger partial charge in [0.25, 0.3) is 5.91 Å². The van der Waals surface area contributed by atoms with E-state index in [1.807, 2.05) is 5.32 Å². The number of nitrogens with zero attached hydrogens (tertiary/aromatic N) is 1. The summed E-state index contributed by atoms with van der Waals surface area (Å²) in [6, 6.07) is -2.29. The van der Waals surface area contributed by atoms with Gasteiger partial charge in [0.15, 0.2) is 0 Å². The summed E-state index contributed by atoms with van der Waals surface area (Å²) in [5, 5.41) is 12.1. The van der Waals surface area contributed by atoms with E-state index in [1.165, 1.54) is 0 Å². The van der Waals surface area contributed by atoms with Crippen molar-refractivity contribution < 1.29 is 32.7 Å². The van der Waals surface area contributed by atoms with Crippen molar-refractivity contribution in [1.29, 1.82) is 0 Å². The summed E-state index contributed by atoms with van der Waals surface area (Å²) in [5.74, 6) is -0.843. The van der Waals surface area contributed by atoms with Crippen LogP contribution in [0.2, 0.25) is 0 Å². The summed E-state index contributed by atoms with van der Waals surface area (Å²) in [6.07, 6.45) is -4.92. The van der Waals surface area contributed by atoms with Crippen molar-refractivity contribution in [2.24, 2.45) is 0 Å². The SMILES string of the molecule is O=C(O)N[C@@H]1CCCCN(C(=O)NCC(F)(F)F)C1=O. The third-order valence-corrected chi connectivity index (χ3v) is 2.67. The lowest BCUT2D eigenvalue weighted by Gasteiger charge is -2.23. The number of halogens is 3. The molecule has 0 radical (unpaired) electrons. The molecule has 20 heavy (non-hydrogen) atoms. The van der Waals surface area contributed by atoms with E-state index in [2.05, 4.69) is 0 Å². The van der Waals surface area contributed by atoms with Crippen LogP contribution in [0, 0.1) is 0 Å². The number of imide groups is 1. The van der Waals surface area contributed by atoms with Gasteiger partial charge in [-0.25, -0.2) is 9.59 Å². The Labute approximate surface area is 112 Å². The number of rotatable bonds is 2. The maximum atomic E-state index is 12.0. The zero-order valence-electron chi connectivity index (χ0n) is 10.4. The molecule has 3 N–H and O–H groups in total. The van der Waals surface area contributed by atoms with Crippen LogP contribution >= 0.6 is 0 Å². The fourth-order valence-electron chi connectivity index (χ4n) is 1.80. The van der Waals surface area contributed by atoms with Crippen LogP contribution in [0.5, 0.6) is 0 Å². The minimum Gasteiger partial charge on any atom is -0.465 e. The Morgan fingerprint density at radius 2 is 2.00 bits per heavy atom. The molecule has 0 spiro atoms. The Morgan fingerprint density at radius 3 is 2.55 bits per heavy atom. The molecule has 0 aromatic carbocycles. The fourth-order valence-corrected chi connectivity index (χ4v) is 1.80. The Balaban J connectivity index is 2.68. The summed E-state index contributed by atoms with van der Waals surface area (Å²) in [4.78, 5) is 34.6. The van der Waals surface area contributed by atoms with Crippen LogP contribution in [0.1, 0.15) is 19.3 Å². The van der Waals surface area contributed by atoms with Crippen molar-refractivity contribution in [2.75, 3.05) is 13.1 Å². The van der Waals surface area contributed by atoms with Crippen molar-refractivity contribution >= 4 is 18.0 Å². The fraction of sp³-hybridized carbons (Fsp3) is 0.700. The Morgan fingerprint density at radius 1 is 1.35 bits per heavy atom. The first kappa shape index (κ1) is 16.1. The summed E-state index contributed by atoms with van der Waals surface area (Å²) < 4.78 is 36.0. The lowest BCUT2D eigenvalue weighted by molar-refractivity contribution is -0.132. The summed E-state index contributed by atoms with van der Waals surface area (Å²) >= 11 is 0. The number of hydrogen-bond acceptors (Lipinski definition) is 3. The van der Waals surface area contributed by atoms with Crippen LogP contribution in [0.4, 0.5) is 22.8 Å². The zero-order valence-corrected chi connectivity index (χ0v) is 10.4. The van der Waals surface area contributed by atoms with E-state index < -0.39 is 36.8 Å². The van der Waals surface area contributed by atoms with Crippen LogP contribution in [-0.2, 0) is 4.79 Å². The minimum atomic E-state index is -4.58. The predicted molar refractivity (Wildman–Crippen MR) is 60.0 cm³/mol. The standard InChI is InChI=1S/C10H14F3N3O4/c11-10(12,13)5-14-8(18)16-4-2-1-3-6(7(16)17)15-9(19)20/h6,15H,1-5H2,(H,14,18)(H,19,20)/t6-/m1/s1. The van der Waals surface area contributed by atoms with E-state index in [0.717, 1.165) is 0 Å². The number of urea groups is 1. The molecule has 0 unspecified atom stereocenters. The number of likely N-dealkylation sites (tertiary alicyclic amines) is 1. The van der Waals surface area contributed by atoms with E-state index in [0.29, 0.717) is 17.7 Å². The maximum absolute atomic E-state index is 12.0. The van der Waals surface area contributed by atoms with Gasteiger partial charge < -0.3 is 15.7 Å². The molecule has 1 fully saturated rings. The van der Waals surface area contributed by atoms with Crippen molar-refractivity contribution in [3.63, 3.8) is 0 Å². The van der Waals surface area contributed by atoms with E-state index >= 15 is 0 Å². The summed E-state index contributed by atoms with van der Waals surface area (Å²) in [7, 11) is 0. The van der Waals surface area contributed by atoms with Crippen molar-refractivity contribution in [2.45, 2.75) is 31.5 Å². The van der Waals surface area contributed by atoms with E-state index in [-0.39, 0.29) is 13.0 Å².